The van der Waals surface area contributed by atoms with Crippen molar-refractivity contribution < 1.29 is 9.84 Å². The molecule has 0 bridgehead atoms. The molecule has 0 aliphatic heterocycles. The lowest BCUT2D eigenvalue weighted by atomic mass is 9.92. The Morgan fingerprint density at radius 2 is 1.71 bits per heavy atom. The minimum Gasteiger partial charge on any atom is -0.508 e. The van der Waals surface area contributed by atoms with Gasteiger partial charge in [0.15, 0.2) is 0 Å². The van der Waals surface area contributed by atoms with E-state index < -0.39 is 0 Å². The van der Waals surface area contributed by atoms with Crippen molar-refractivity contribution in [3.8, 4) is 11.5 Å². The van der Waals surface area contributed by atoms with Crippen LogP contribution in [0.1, 0.15) is 30.4 Å². The summed E-state index contributed by atoms with van der Waals surface area (Å²) >= 11 is 0. The van der Waals surface area contributed by atoms with Gasteiger partial charge in [0, 0.05) is 5.92 Å². The first-order valence-corrected chi connectivity index (χ1v) is 7.43. The maximum absolute atomic E-state index is 9.36. The van der Waals surface area contributed by atoms with Crippen LogP contribution in [0, 0.1) is 0 Å². The molecule has 0 saturated heterocycles. The van der Waals surface area contributed by atoms with Gasteiger partial charge in [0.05, 0.1) is 6.61 Å². The summed E-state index contributed by atoms with van der Waals surface area (Å²) in [6, 6.07) is 15.5. The van der Waals surface area contributed by atoms with Crippen molar-refractivity contribution in [2.75, 3.05) is 13.2 Å². The molecule has 0 amide bonds. The molecule has 2 aromatic carbocycles. The highest BCUT2D eigenvalue weighted by atomic mass is 16.5. The minimum atomic E-state index is 0.257. The summed E-state index contributed by atoms with van der Waals surface area (Å²) in [5, 5.41) is 9.36. The highest BCUT2D eigenvalue weighted by molar-refractivity contribution is 5.32. The van der Waals surface area contributed by atoms with Gasteiger partial charge in [-0.1, -0.05) is 31.2 Å². The lowest BCUT2D eigenvalue weighted by molar-refractivity contribution is 0.317. The van der Waals surface area contributed by atoms with E-state index in [4.69, 9.17) is 10.5 Å². The lowest BCUT2D eigenvalue weighted by Gasteiger charge is -2.16. The lowest BCUT2D eigenvalue weighted by Crippen LogP contribution is -2.15. The summed E-state index contributed by atoms with van der Waals surface area (Å²) in [7, 11) is 0. The van der Waals surface area contributed by atoms with E-state index in [1.54, 1.807) is 12.1 Å². The Labute approximate surface area is 126 Å². The van der Waals surface area contributed by atoms with Gasteiger partial charge in [0.2, 0.25) is 0 Å². The number of hydrogen-bond acceptors (Lipinski definition) is 3. The Hall–Kier alpha value is -2.00. The minimum absolute atomic E-state index is 0.257. The third-order valence-electron chi connectivity index (χ3n) is 3.53. The van der Waals surface area contributed by atoms with E-state index in [1.165, 1.54) is 5.56 Å². The molecule has 2 rings (SSSR count). The molecule has 0 spiro atoms. The topological polar surface area (TPSA) is 55.5 Å². The van der Waals surface area contributed by atoms with Crippen LogP contribution in [0.25, 0.3) is 0 Å². The van der Waals surface area contributed by atoms with Crippen molar-refractivity contribution in [3.63, 3.8) is 0 Å². The first-order chi connectivity index (χ1) is 10.2. The Kier molecular flexibility index (Phi) is 5.64. The quantitative estimate of drug-likeness (QED) is 0.819. The smallest absolute Gasteiger partial charge is 0.119 e. The van der Waals surface area contributed by atoms with Crippen LogP contribution >= 0.6 is 0 Å². The third kappa shape index (κ3) is 4.50. The van der Waals surface area contributed by atoms with Gasteiger partial charge in [-0.05, 0) is 54.8 Å². The molecule has 0 saturated carbocycles. The van der Waals surface area contributed by atoms with Crippen molar-refractivity contribution in [2.45, 2.75) is 25.7 Å². The Morgan fingerprint density at radius 3 is 2.29 bits per heavy atom. The van der Waals surface area contributed by atoms with Crippen LogP contribution in [-0.4, -0.2) is 18.3 Å². The van der Waals surface area contributed by atoms with E-state index in [2.05, 4.69) is 19.1 Å². The van der Waals surface area contributed by atoms with E-state index in [0.717, 1.165) is 30.8 Å². The van der Waals surface area contributed by atoms with Gasteiger partial charge in [-0.2, -0.15) is 0 Å². The van der Waals surface area contributed by atoms with Crippen molar-refractivity contribution in [2.24, 2.45) is 5.73 Å². The fourth-order valence-electron chi connectivity index (χ4n) is 2.31. The van der Waals surface area contributed by atoms with E-state index in [9.17, 15) is 5.11 Å². The van der Waals surface area contributed by atoms with E-state index in [1.807, 2.05) is 24.3 Å². The summed E-state index contributed by atoms with van der Waals surface area (Å²) in [6.07, 6.45) is 1.90. The van der Waals surface area contributed by atoms with Crippen LogP contribution in [0.15, 0.2) is 48.5 Å². The van der Waals surface area contributed by atoms with Gasteiger partial charge >= 0.3 is 0 Å². The molecule has 3 N–H and O–H groups in total. The largest absolute Gasteiger partial charge is 0.508 e. The van der Waals surface area contributed by atoms with Crippen LogP contribution in [0.3, 0.4) is 0 Å². The second kappa shape index (κ2) is 7.70. The molecule has 3 heteroatoms. The zero-order valence-electron chi connectivity index (χ0n) is 12.5. The average Bonchev–Trinajstić information content (AvgIpc) is 2.53. The SMILES string of the molecule is CCCOc1ccc(CC(CN)c2ccc(O)cc2)cc1. The Balaban J connectivity index is 2.02. The van der Waals surface area contributed by atoms with Crippen LogP contribution in [0.4, 0.5) is 0 Å². The highest BCUT2D eigenvalue weighted by Gasteiger charge is 2.11. The van der Waals surface area contributed by atoms with Gasteiger partial charge in [0.1, 0.15) is 11.5 Å². The number of phenolic OH excluding ortho intramolecular Hbond substituents is 1. The van der Waals surface area contributed by atoms with Gasteiger partial charge in [0.25, 0.3) is 0 Å². The summed E-state index contributed by atoms with van der Waals surface area (Å²) in [5.74, 6) is 1.45. The Bertz CT molecular complexity index is 534. The third-order valence-corrected chi connectivity index (χ3v) is 3.53. The molecular weight excluding hydrogens is 262 g/mol. The number of benzene rings is 2. The van der Waals surface area contributed by atoms with E-state index in [0.29, 0.717) is 6.54 Å². The molecule has 1 unspecified atom stereocenters. The first kappa shape index (κ1) is 15.4. The number of nitrogens with two attached hydrogens (primary N) is 1. The second-order valence-corrected chi connectivity index (χ2v) is 5.22. The van der Waals surface area contributed by atoms with Crippen molar-refractivity contribution >= 4 is 0 Å². The molecule has 0 heterocycles. The van der Waals surface area contributed by atoms with E-state index >= 15 is 0 Å². The molecular formula is C18H23NO2. The number of hydrogen-bond donors (Lipinski definition) is 2. The normalized spacial score (nSPS) is 12.1. The predicted molar refractivity (Wildman–Crippen MR) is 85.8 cm³/mol. The van der Waals surface area contributed by atoms with Gasteiger partial charge in [-0.15, -0.1) is 0 Å². The van der Waals surface area contributed by atoms with Crippen LogP contribution in [0.5, 0.6) is 11.5 Å². The molecule has 0 aliphatic rings. The maximum atomic E-state index is 9.36. The molecule has 0 radical (unpaired) electrons. The fourth-order valence-corrected chi connectivity index (χ4v) is 2.31. The standard InChI is InChI=1S/C18H23NO2/c1-2-11-21-18-9-3-14(4-10-18)12-16(13-19)15-5-7-17(20)8-6-15/h3-10,16,20H,2,11-13,19H2,1H3. The second-order valence-electron chi connectivity index (χ2n) is 5.22. The highest BCUT2D eigenvalue weighted by Crippen LogP contribution is 2.23. The van der Waals surface area contributed by atoms with Gasteiger partial charge < -0.3 is 15.6 Å². The molecule has 2 aromatic rings. The number of aromatic hydroxyl groups is 1. The molecule has 1 atom stereocenters. The average molecular weight is 285 g/mol. The molecule has 21 heavy (non-hydrogen) atoms. The molecule has 0 aliphatic carbocycles. The van der Waals surface area contributed by atoms with Crippen molar-refractivity contribution in [3.05, 3.63) is 59.7 Å². The predicted octanol–water partition coefficient (Wildman–Crippen LogP) is 3.47. The molecule has 3 nitrogen and oxygen atoms in total. The first-order valence-electron chi connectivity index (χ1n) is 7.43. The zero-order valence-corrected chi connectivity index (χ0v) is 12.5. The monoisotopic (exact) mass is 285 g/mol. The fraction of sp³-hybridized carbons (Fsp3) is 0.333. The maximum Gasteiger partial charge on any atom is 0.119 e. The Morgan fingerprint density at radius 1 is 1.05 bits per heavy atom. The zero-order chi connectivity index (χ0) is 15.1. The van der Waals surface area contributed by atoms with Crippen molar-refractivity contribution in [1.82, 2.24) is 0 Å². The summed E-state index contributed by atoms with van der Waals surface area (Å²) < 4.78 is 5.59. The summed E-state index contributed by atoms with van der Waals surface area (Å²) in [6.45, 7) is 3.43. The molecule has 0 aromatic heterocycles. The van der Waals surface area contributed by atoms with Gasteiger partial charge in [-0.3, -0.25) is 0 Å². The van der Waals surface area contributed by atoms with Crippen LogP contribution in [0.2, 0.25) is 0 Å². The molecule has 0 fully saturated rings. The van der Waals surface area contributed by atoms with Gasteiger partial charge in [-0.25, -0.2) is 0 Å². The number of phenols is 1. The van der Waals surface area contributed by atoms with Crippen molar-refractivity contribution in [1.29, 1.82) is 0 Å². The summed E-state index contributed by atoms with van der Waals surface area (Å²) in [5.41, 5.74) is 8.29. The summed E-state index contributed by atoms with van der Waals surface area (Å²) in [4.78, 5) is 0. The molecule has 112 valence electrons. The number of rotatable bonds is 7. The van der Waals surface area contributed by atoms with E-state index in [-0.39, 0.29) is 11.7 Å². The van der Waals surface area contributed by atoms with Crippen LogP contribution < -0.4 is 10.5 Å². The van der Waals surface area contributed by atoms with Crippen LogP contribution in [-0.2, 0) is 6.42 Å². The number of ether oxygens (including phenoxy) is 1.